The van der Waals surface area contributed by atoms with Gasteiger partial charge in [0.2, 0.25) is 15.9 Å². The number of nitrogens with zero attached hydrogens (tertiary/aromatic N) is 2. The fourth-order valence-electron chi connectivity index (χ4n) is 2.99. The highest BCUT2D eigenvalue weighted by Gasteiger charge is 2.29. The van der Waals surface area contributed by atoms with Gasteiger partial charge < -0.3 is 5.32 Å². The largest absolute Gasteiger partial charge is 0.325 e. The number of benzene rings is 2. The van der Waals surface area contributed by atoms with Gasteiger partial charge in [0, 0.05) is 36.8 Å². The minimum atomic E-state index is -3.65. The van der Waals surface area contributed by atoms with Gasteiger partial charge in [0.15, 0.2) is 0 Å². The van der Waals surface area contributed by atoms with Gasteiger partial charge in [0.1, 0.15) is 0 Å². The topological polar surface area (TPSA) is 69.7 Å². The molecule has 0 unspecified atom stereocenters. The number of rotatable bonds is 6. The Kier molecular flexibility index (Phi) is 7.47. The quantitative estimate of drug-likeness (QED) is 0.648. The summed E-state index contributed by atoms with van der Waals surface area (Å²) in [6, 6.07) is 11.9. The number of amides is 1. The molecule has 1 fully saturated rings. The molecule has 0 aliphatic carbocycles. The number of nitrogens with one attached hydrogen (secondary N) is 1. The predicted molar refractivity (Wildman–Crippen MR) is 119 cm³/mol. The van der Waals surface area contributed by atoms with Crippen molar-refractivity contribution in [1.82, 2.24) is 9.21 Å². The maximum absolute atomic E-state index is 12.8. The van der Waals surface area contributed by atoms with Crippen molar-refractivity contribution in [1.29, 1.82) is 0 Å². The highest BCUT2D eigenvalue weighted by Crippen LogP contribution is 2.27. The summed E-state index contributed by atoms with van der Waals surface area (Å²) < 4.78 is 27.0. The maximum atomic E-state index is 12.8. The molecule has 2 aromatic carbocycles. The zero-order valence-corrected chi connectivity index (χ0v) is 18.9. The molecule has 0 radical (unpaired) electrons. The lowest BCUT2D eigenvalue weighted by Gasteiger charge is -2.33. The van der Waals surface area contributed by atoms with Gasteiger partial charge in [0.05, 0.1) is 21.5 Å². The second kappa shape index (κ2) is 9.68. The van der Waals surface area contributed by atoms with Gasteiger partial charge in [-0.05, 0) is 48.7 Å². The van der Waals surface area contributed by atoms with E-state index in [1.54, 1.807) is 11.8 Å². The molecule has 1 aliphatic rings. The zero-order chi connectivity index (χ0) is 21.0. The summed E-state index contributed by atoms with van der Waals surface area (Å²) in [6.07, 6.45) is 2.00. The fourth-order valence-corrected chi connectivity index (χ4v) is 5.21. The van der Waals surface area contributed by atoms with E-state index in [-0.39, 0.29) is 22.4 Å². The fraction of sp³-hybridized carbons (Fsp3) is 0.316. The van der Waals surface area contributed by atoms with Crippen LogP contribution in [0.15, 0.2) is 52.3 Å². The molecule has 1 N–H and O–H groups in total. The van der Waals surface area contributed by atoms with Gasteiger partial charge >= 0.3 is 0 Å². The lowest BCUT2D eigenvalue weighted by Crippen LogP contribution is -2.50. The molecule has 1 saturated heterocycles. The van der Waals surface area contributed by atoms with Crippen LogP contribution >= 0.6 is 35.0 Å². The van der Waals surface area contributed by atoms with Gasteiger partial charge in [-0.2, -0.15) is 4.31 Å². The maximum Gasteiger partial charge on any atom is 0.243 e. The molecule has 1 heterocycles. The number of hydrogen-bond acceptors (Lipinski definition) is 5. The van der Waals surface area contributed by atoms with Crippen molar-refractivity contribution in [3.8, 4) is 0 Å². The van der Waals surface area contributed by atoms with E-state index >= 15 is 0 Å². The summed E-state index contributed by atoms with van der Waals surface area (Å²) in [6.45, 7) is 1.76. The highest BCUT2D eigenvalue weighted by molar-refractivity contribution is 7.98. The van der Waals surface area contributed by atoms with E-state index in [9.17, 15) is 13.2 Å². The minimum Gasteiger partial charge on any atom is -0.325 e. The first-order valence-corrected chi connectivity index (χ1v) is 12.3. The second-order valence-electron chi connectivity index (χ2n) is 6.53. The number of piperazine rings is 1. The van der Waals surface area contributed by atoms with Gasteiger partial charge in [-0.1, -0.05) is 23.2 Å². The van der Waals surface area contributed by atoms with Crippen LogP contribution < -0.4 is 5.32 Å². The van der Waals surface area contributed by atoms with Crippen molar-refractivity contribution in [2.75, 3.05) is 44.3 Å². The summed E-state index contributed by atoms with van der Waals surface area (Å²) in [7, 11) is -3.65. The van der Waals surface area contributed by atoms with Crippen LogP contribution in [0.2, 0.25) is 10.0 Å². The standard InChI is InChI=1S/C19H21Cl2N3O3S2/c1-28-15-4-2-14(3-5-15)22-19(25)13-23-8-10-24(11-9-23)29(26,27)16-6-7-17(20)18(21)12-16/h2-7,12H,8-11,13H2,1H3,(H,22,25). The van der Waals surface area contributed by atoms with E-state index in [0.29, 0.717) is 31.2 Å². The Bertz CT molecular complexity index is 977. The Labute approximate surface area is 185 Å². The third kappa shape index (κ3) is 5.65. The highest BCUT2D eigenvalue weighted by atomic mass is 35.5. The van der Waals surface area contributed by atoms with Crippen LogP contribution in [0, 0.1) is 0 Å². The Balaban J connectivity index is 1.54. The third-order valence-electron chi connectivity index (χ3n) is 4.60. The molecule has 6 nitrogen and oxygen atoms in total. The van der Waals surface area contributed by atoms with Gasteiger partial charge in [-0.25, -0.2) is 8.42 Å². The van der Waals surface area contributed by atoms with Crippen LogP contribution in [0.4, 0.5) is 5.69 Å². The van der Waals surface area contributed by atoms with E-state index in [4.69, 9.17) is 23.2 Å². The molecule has 156 valence electrons. The minimum absolute atomic E-state index is 0.117. The Hall–Kier alpha value is -1.29. The van der Waals surface area contributed by atoms with Crippen LogP contribution in [0.5, 0.6) is 0 Å². The molecular weight excluding hydrogens is 453 g/mol. The van der Waals surface area contributed by atoms with Crippen molar-refractivity contribution in [2.45, 2.75) is 9.79 Å². The molecule has 0 aromatic heterocycles. The number of halogens is 2. The molecule has 0 spiro atoms. The van der Waals surface area contributed by atoms with Crippen molar-refractivity contribution >= 4 is 56.6 Å². The molecule has 3 rings (SSSR count). The Morgan fingerprint density at radius 3 is 2.28 bits per heavy atom. The first-order chi connectivity index (χ1) is 13.8. The van der Waals surface area contributed by atoms with Crippen molar-refractivity contribution < 1.29 is 13.2 Å². The van der Waals surface area contributed by atoms with Crippen molar-refractivity contribution in [3.63, 3.8) is 0 Å². The second-order valence-corrected chi connectivity index (χ2v) is 10.2. The monoisotopic (exact) mass is 473 g/mol. The van der Waals surface area contributed by atoms with Crippen molar-refractivity contribution in [2.24, 2.45) is 0 Å². The number of carbonyl (C=O) groups excluding carboxylic acids is 1. The average molecular weight is 474 g/mol. The molecule has 29 heavy (non-hydrogen) atoms. The van der Waals surface area contributed by atoms with Crippen LogP contribution in [0.1, 0.15) is 0 Å². The predicted octanol–water partition coefficient (Wildman–Crippen LogP) is 3.66. The lowest BCUT2D eigenvalue weighted by atomic mass is 10.3. The number of carbonyl (C=O) groups is 1. The van der Waals surface area contributed by atoms with Crippen molar-refractivity contribution in [3.05, 3.63) is 52.5 Å². The molecule has 10 heteroatoms. The van der Waals surface area contributed by atoms with Crippen LogP contribution in [0.25, 0.3) is 0 Å². The number of sulfonamides is 1. The lowest BCUT2D eigenvalue weighted by molar-refractivity contribution is -0.117. The van der Waals surface area contributed by atoms with Crippen LogP contribution in [-0.4, -0.2) is 62.5 Å². The summed E-state index contributed by atoms with van der Waals surface area (Å²) in [4.78, 5) is 15.5. The molecule has 1 amide bonds. The van der Waals surface area contributed by atoms with Crippen LogP contribution in [0.3, 0.4) is 0 Å². The smallest absolute Gasteiger partial charge is 0.243 e. The first-order valence-electron chi connectivity index (χ1n) is 8.91. The van der Waals surface area contributed by atoms with E-state index in [2.05, 4.69) is 5.32 Å². The first kappa shape index (κ1) is 22.4. The zero-order valence-electron chi connectivity index (χ0n) is 15.8. The molecule has 2 aromatic rings. The van der Waals surface area contributed by atoms with Gasteiger partial charge in [0.25, 0.3) is 0 Å². The average Bonchev–Trinajstić information content (AvgIpc) is 2.71. The number of thioether (sulfide) groups is 1. The SMILES string of the molecule is CSc1ccc(NC(=O)CN2CCN(S(=O)(=O)c3ccc(Cl)c(Cl)c3)CC2)cc1. The molecule has 0 bridgehead atoms. The summed E-state index contributed by atoms with van der Waals surface area (Å²) in [5.74, 6) is -0.123. The van der Waals surface area contributed by atoms with Gasteiger partial charge in [-0.3, -0.25) is 9.69 Å². The van der Waals surface area contributed by atoms with E-state index in [1.807, 2.05) is 35.4 Å². The Morgan fingerprint density at radius 2 is 1.69 bits per heavy atom. The van der Waals surface area contributed by atoms with E-state index in [1.165, 1.54) is 22.5 Å². The third-order valence-corrected chi connectivity index (χ3v) is 7.98. The van der Waals surface area contributed by atoms with Gasteiger partial charge in [-0.15, -0.1) is 11.8 Å². The number of hydrogen-bond donors (Lipinski definition) is 1. The molecule has 0 atom stereocenters. The summed E-state index contributed by atoms with van der Waals surface area (Å²) in [5.41, 5.74) is 0.744. The number of anilines is 1. The molecular formula is C19H21Cl2N3O3S2. The molecule has 1 aliphatic heterocycles. The van der Waals surface area contributed by atoms with E-state index in [0.717, 1.165) is 10.6 Å². The molecule has 0 saturated carbocycles. The summed E-state index contributed by atoms with van der Waals surface area (Å²) in [5, 5.41) is 3.38. The Morgan fingerprint density at radius 1 is 1.03 bits per heavy atom. The van der Waals surface area contributed by atoms with Crippen LogP contribution in [-0.2, 0) is 14.8 Å². The normalized spacial score (nSPS) is 16.0. The van der Waals surface area contributed by atoms with E-state index < -0.39 is 10.0 Å². The summed E-state index contributed by atoms with van der Waals surface area (Å²) >= 11 is 13.5.